The van der Waals surface area contributed by atoms with Crippen LogP contribution in [0.3, 0.4) is 0 Å². The quantitative estimate of drug-likeness (QED) is 0.348. The zero-order valence-corrected chi connectivity index (χ0v) is 16.0. The number of carbonyl (C=O) groups is 1. The number of benzene rings is 2. The molecule has 0 unspecified atom stereocenters. The highest BCUT2D eigenvalue weighted by molar-refractivity contribution is 5.94. The lowest BCUT2D eigenvalue weighted by Gasteiger charge is -2.11. The number of hydrazone groups is 1. The topological polar surface area (TPSA) is 116 Å². The molecule has 9 heteroatoms. The zero-order valence-electron chi connectivity index (χ0n) is 16.0. The molecular weight excluding hydrogens is 388 g/mol. The Balaban J connectivity index is 1.65. The Hall–Kier alpha value is -4.27. The molecule has 3 rings (SSSR count). The summed E-state index contributed by atoms with van der Waals surface area (Å²) in [4.78, 5) is 26.1. The summed E-state index contributed by atoms with van der Waals surface area (Å²) in [5, 5.41) is 14.7. The number of non-ortho nitro benzene ring substituents is 1. The van der Waals surface area contributed by atoms with Gasteiger partial charge in [0.2, 0.25) is 0 Å². The Morgan fingerprint density at radius 3 is 2.67 bits per heavy atom. The fraction of sp³-hybridized carbons (Fsp3) is 0.0952. The molecule has 0 radical (unpaired) electrons. The Bertz CT molecular complexity index is 1050. The number of nitro groups is 1. The third-order valence-corrected chi connectivity index (χ3v) is 4.03. The molecule has 0 saturated heterocycles. The first kappa shape index (κ1) is 20.5. The highest BCUT2D eigenvalue weighted by atomic mass is 16.6. The van der Waals surface area contributed by atoms with Gasteiger partial charge >= 0.3 is 0 Å². The van der Waals surface area contributed by atoms with E-state index < -0.39 is 4.92 Å². The van der Waals surface area contributed by atoms with Gasteiger partial charge in [0.25, 0.3) is 11.6 Å². The van der Waals surface area contributed by atoms with E-state index in [-0.39, 0.29) is 18.2 Å². The third kappa shape index (κ3) is 5.38. The van der Waals surface area contributed by atoms with E-state index in [1.807, 2.05) is 0 Å². The number of hydrogen-bond acceptors (Lipinski definition) is 7. The van der Waals surface area contributed by atoms with Crippen LogP contribution in [-0.4, -0.2) is 29.1 Å². The standard InChI is InChI=1S/C21H18N4O5/c1-29-19-9-6-16(12-23-24-21(26)17-3-2-10-22-13-17)11-20(19)30-14-15-4-7-18(8-5-15)25(27)28/h2-13H,14H2,1H3,(H,24,26)/b23-12-. The average Bonchev–Trinajstić information content (AvgIpc) is 2.78. The number of carbonyl (C=O) groups excluding carboxylic acids is 1. The van der Waals surface area contributed by atoms with E-state index >= 15 is 0 Å². The van der Waals surface area contributed by atoms with Crippen molar-refractivity contribution in [2.24, 2.45) is 5.10 Å². The number of nitro benzene ring substituents is 1. The molecule has 152 valence electrons. The van der Waals surface area contributed by atoms with E-state index in [9.17, 15) is 14.9 Å². The van der Waals surface area contributed by atoms with Gasteiger partial charge in [0.05, 0.1) is 23.8 Å². The van der Waals surface area contributed by atoms with E-state index in [1.54, 1.807) is 48.7 Å². The van der Waals surface area contributed by atoms with Crippen LogP contribution in [0.5, 0.6) is 11.5 Å². The molecule has 0 bridgehead atoms. The van der Waals surface area contributed by atoms with E-state index in [4.69, 9.17) is 9.47 Å². The second-order valence-electron chi connectivity index (χ2n) is 6.06. The first-order valence-electron chi connectivity index (χ1n) is 8.84. The second kappa shape index (κ2) is 9.78. The number of ether oxygens (including phenoxy) is 2. The van der Waals surface area contributed by atoms with Gasteiger partial charge in [0.1, 0.15) is 6.61 Å². The second-order valence-corrected chi connectivity index (χ2v) is 6.06. The first-order valence-corrected chi connectivity index (χ1v) is 8.84. The summed E-state index contributed by atoms with van der Waals surface area (Å²) in [6.45, 7) is 0.201. The Kier molecular flexibility index (Phi) is 6.67. The summed E-state index contributed by atoms with van der Waals surface area (Å²) >= 11 is 0. The number of methoxy groups -OCH3 is 1. The lowest BCUT2D eigenvalue weighted by Crippen LogP contribution is -2.17. The summed E-state index contributed by atoms with van der Waals surface area (Å²) in [6.07, 6.45) is 4.50. The van der Waals surface area contributed by atoms with E-state index in [2.05, 4.69) is 15.5 Å². The van der Waals surface area contributed by atoms with Gasteiger partial charge in [-0.2, -0.15) is 5.10 Å². The number of amides is 1. The van der Waals surface area contributed by atoms with Gasteiger partial charge in [-0.3, -0.25) is 19.9 Å². The fourth-order valence-electron chi connectivity index (χ4n) is 2.49. The molecular formula is C21H18N4O5. The SMILES string of the molecule is COc1ccc(/C=N\NC(=O)c2cccnc2)cc1OCc1ccc([N+](=O)[O-])cc1. The number of nitrogens with one attached hydrogen (secondary N) is 1. The van der Waals surface area contributed by atoms with E-state index in [1.165, 1.54) is 31.7 Å². The molecule has 0 fully saturated rings. The predicted octanol–water partition coefficient (Wildman–Crippen LogP) is 3.34. The van der Waals surface area contributed by atoms with Gasteiger partial charge in [-0.05, 0) is 53.6 Å². The van der Waals surface area contributed by atoms with Crippen LogP contribution in [0.1, 0.15) is 21.5 Å². The Morgan fingerprint density at radius 2 is 2.00 bits per heavy atom. The Morgan fingerprint density at radius 1 is 1.20 bits per heavy atom. The van der Waals surface area contributed by atoms with Crippen molar-refractivity contribution in [1.82, 2.24) is 10.4 Å². The predicted molar refractivity (Wildman–Crippen MR) is 110 cm³/mol. The van der Waals surface area contributed by atoms with Crippen molar-refractivity contribution in [1.29, 1.82) is 0 Å². The van der Waals surface area contributed by atoms with Gasteiger partial charge in [0.15, 0.2) is 11.5 Å². The number of pyridine rings is 1. The van der Waals surface area contributed by atoms with Crippen molar-refractivity contribution in [2.45, 2.75) is 6.61 Å². The molecule has 3 aromatic rings. The van der Waals surface area contributed by atoms with Gasteiger partial charge in [0, 0.05) is 24.5 Å². The van der Waals surface area contributed by atoms with Gasteiger partial charge < -0.3 is 9.47 Å². The number of aromatic nitrogens is 1. The molecule has 2 aromatic carbocycles. The fourth-order valence-corrected chi connectivity index (χ4v) is 2.49. The Labute approximate surface area is 172 Å². The van der Waals surface area contributed by atoms with Crippen molar-refractivity contribution >= 4 is 17.8 Å². The minimum atomic E-state index is -0.455. The molecule has 0 aliphatic heterocycles. The average molecular weight is 406 g/mol. The van der Waals surface area contributed by atoms with Crippen molar-refractivity contribution in [3.05, 3.63) is 93.8 Å². The van der Waals surface area contributed by atoms with Crippen molar-refractivity contribution in [3.63, 3.8) is 0 Å². The minimum absolute atomic E-state index is 0.0165. The maximum absolute atomic E-state index is 12.0. The van der Waals surface area contributed by atoms with Crippen LogP contribution >= 0.6 is 0 Å². The van der Waals surface area contributed by atoms with Crippen LogP contribution in [0, 0.1) is 10.1 Å². The molecule has 0 spiro atoms. The molecule has 30 heavy (non-hydrogen) atoms. The van der Waals surface area contributed by atoms with Crippen LogP contribution in [-0.2, 0) is 6.61 Å². The summed E-state index contributed by atoms with van der Waals surface area (Å²) in [5.74, 6) is 0.620. The lowest BCUT2D eigenvalue weighted by atomic mass is 10.2. The van der Waals surface area contributed by atoms with Crippen molar-refractivity contribution in [2.75, 3.05) is 7.11 Å². The maximum Gasteiger partial charge on any atom is 0.272 e. The molecule has 1 amide bonds. The number of hydrogen-bond donors (Lipinski definition) is 1. The summed E-state index contributed by atoms with van der Waals surface area (Å²) < 4.78 is 11.1. The molecule has 0 saturated carbocycles. The van der Waals surface area contributed by atoms with E-state index in [0.29, 0.717) is 22.6 Å². The summed E-state index contributed by atoms with van der Waals surface area (Å²) in [5.41, 5.74) is 4.30. The number of nitrogens with zero attached hydrogens (tertiary/aromatic N) is 3. The van der Waals surface area contributed by atoms with Crippen LogP contribution in [0.15, 0.2) is 72.1 Å². The van der Waals surface area contributed by atoms with Crippen LogP contribution in [0.2, 0.25) is 0 Å². The minimum Gasteiger partial charge on any atom is -0.493 e. The summed E-state index contributed by atoms with van der Waals surface area (Å²) in [7, 11) is 1.52. The van der Waals surface area contributed by atoms with Crippen LogP contribution in [0.4, 0.5) is 5.69 Å². The lowest BCUT2D eigenvalue weighted by molar-refractivity contribution is -0.384. The molecule has 0 aliphatic carbocycles. The summed E-state index contributed by atoms with van der Waals surface area (Å²) in [6, 6.07) is 14.6. The van der Waals surface area contributed by atoms with Crippen LogP contribution in [0.25, 0.3) is 0 Å². The van der Waals surface area contributed by atoms with Crippen molar-refractivity contribution < 1.29 is 19.2 Å². The smallest absolute Gasteiger partial charge is 0.272 e. The maximum atomic E-state index is 12.0. The van der Waals surface area contributed by atoms with Gasteiger partial charge in [-0.1, -0.05) is 0 Å². The number of rotatable bonds is 8. The molecule has 1 N–H and O–H groups in total. The molecule has 1 aromatic heterocycles. The van der Waals surface area contributed by atoms with E-state index in [0.717, 1.165) is 5.56 Å². The first-order chi connectivity index (χ1) is 14.6. The highest BCUT2D eigenvalue weighted by Crippen LogP contribution is 2.28. The molecule has 9 nitrogen and oxygen atoms in total. The molecule has 0 aliphatic rings. The highest BCUT2D eigenvalue weighted by Gasteiger charge is 2.08. The van der Waals surface area contributed by atoms with Crippen molar-refractivity contribution in [3.8, 4) is 11.5 Å². The van der Waals surface area contributed by atoms with Gasteiger partial charge in [-0.15, -0.1) is 0 Å². The van der Waals surface area contributed by atoms with Gasteiger partial charge in [-0.25, -0.2) is 5.43 Å². The molecule has 1 heterocycles. The monoisotopic (exact) mass is 406 g/mol. The third-order valence-electron chi connectivity index (χ3n) is 4.03. The largest absolute Gasteiger partial charge is 0.493 e. The normalized spacial score (nSPS) is 10.6. The zero-order chi connectivity index (χ0) is 21.3. The van der Waals surface area contributed by atoms with Crippen LogP contribution < -0.4 is 14.9 Å². The molecule has 0 atom stereocenters.